The molecule has 0 atom stereocenters. The third kappa shape index (κ3) is 3.08. The minimum atomic E-state index is 0.0642. The predicted octanol–water partition coefficient (Wildman–Crippen LogP) is 4.02. The molecule has 1 nitrogen and oxygen atoms in total. The molecular weight excluding hydrogens is 319 g/mol. The molecule has 1 rings (SSSR count). The van der Waals surface area contributed by atoms with Crippen molar-refractivity contribution in [2.45, 2.75) is 6.42 Å². The molecule has 70 valence electrons. The van der Waals surface area contributed by atoms with Gasteiger partial charge in [0, 0.05) is 26.8 Å². The predicted molar refractivity (Wildman–Crippen MR) is 61.5 cm³/mol. The summed E-state index contributed by atoms with van der Waals surface area (Å²) in [5.74, 6) is 0.427. The first kappa shape index (κ1) is 11.2. The largest absolute Gasteiger partial charge is 0.294 e. The number of carbonyl (C=O) groups excluding carboxylic acids is 1. The second-order valence-corrected chi connectivity index (χ2v) is 4.63. The zero-order chi connectivity index (χ0) is 9.84. The Labute approximate surface area is 98.7 Å². The van der Waals surface area contributed by atoms with Gasteiger partial charge >= 0.3 is 0 Å². The number of benzene rings is 1. The number of alkyl halides is 1. The average molecular weight is 326 g/mol. The molecule has 0 heterocycles. The Balaban J connectivity index is 2.95. The van der Waals surface area contributed by atoms with Gasteiger partial charge in [0.15, 0.2) is 5.78 Å². The lowest BCUT2D eigenvalue weighted by Gasteiger charge is -2.02. The molecule has 0 aromatic heterocycles. The molecule has 0 amide bonds. The highest BCUT2D eigenvalue weighted by Crippen LogP contribution is 2.23. The summed E-state index contributed by atoms with van der Waals surface area (Å²) in [6.07, 6.45) is 0.377. The van der Waals surface area contributed by atoms with E-state index in [4.69, 9.17) is 11.6 Å². The van der Waals surface area contributed by atoms with Gasteiger partial charge in [-0.1, -0.05) is 31.9 Å². The maximum Gasteiger partial charge on any atom is 0.165 e. The summed E-state index contributed by atoms with van der Waals surface area (Å²) in [5.41, 5.74) is 0.684. The molecule has 13 heavy (non-hydrogen) atoms. The Kier molecular flexibility index (Phi) is 4.42. The van der Waals surface area contributed by atoms with Crippen molar-refractivity contribution in [3.8, 4) is 0 Å². The molecule has 1 aromatic rings. The van der Waals surface area contributed by atoms with E-state index in [2.05, 4.69) is 31.9 Å². The van der Waals surface area contributed by atoms with Crippen LogP contribution in [0.3, 0.4) is 0 Å². The SMILES string of the molecule is O=C(CCCl)c1ccc(Br)cc1Br. The van der Waals surface area contributed by atoms with E-state index in [1.165, 1.54) is 0 Å². The molecule has 0 aliphatic carbocycles. The highest BCUT2D eigenvalue weighted by atomic mass is 79.9. The molecule has 0 bridgehead atoms. The molecular formula is C9H7Br2ClO. The molecule has 0 radical (unpaired) electrons. The number of hydrogen-bond donors (Lipinski definition) is 0. The van der Waals surface area contributed by atoms with Crippen molar-refractivity contribution in [3.05, 3.63) is 32.7 Å². The van der Waals surface area contributed by atoms with Crippen LogP contribution in [0, 0.1) is 0 Å². The Morgan fingerprint density at radius 1 is 1.38 bits per heavy atom. The lowest BCUT2D eigenvalue weighted by molar-refractivity contribution is 0.0988. The van der Waals surface area contributed by atoms with Crippen LogP contribution < -0.4 is 0 Å². The summed E-state index contributed by atoms with van der Waals surface area (Å²) in [7, 11) is 0. The van der Waals surface area contributed by atoms with Gasteiger partial charge in [0.1, 0.15) is 0 Å². The van der Waals surface area contributed by atoms with Crippen molar-refractivity contribution in [2.24, 2.45) is 0 Å². The molecule has 0 aliphatic rings. The lowest BCUT2D eigenvalue weighted by atomic mass is 10.1. The number of rotatable bonds is 3. The van der Waals surface area contributed by atoms with Crippen molar-refractivity contribution >= 4 is 49.2 Å². The first-order valence-corrected chi connectivity index (χ1v) is 5.81. The average Bonchev–Trinajstić information content (AvgIpc) is 2.04. The van der Waals surface area contributed by atoms with Crippen molar-refractivity contribution in [2.75, 3.05) is 5.88 Å². The van der Waals surface area contributed by atoms with Gasteiger partial charge < -0.3 is 0 Å². The van der Waals surface area contributed by atoms with E-state index in [1.807, 2.05) is 12.1 Å². The quantitative estimate of drug-likeness (QED) is 0.605. The second-order valence-electron chi connectivity index (χ2n) is 2.49. The van der Waals surface area contributed by atoms with Crippen LogP contribution >= 0.6 is 43.5 Å². The fourth-order valence-electron chi connectivity index (χ4n) is 0.936. The van der Waals surface area contributed by atoms with E-state index in [1.54, 1.807) is 6.07 Å². The van der Waals surface area contributed by atoms with Crippen molar-refractivity contribution in [3.63, 3.8) is 0 Å². The molecule has 0 unspecified atom stereocenters. The van der Waals surface area contributed by atoms with Gasteiger partial charge in [-0.15, -0.1) is 11.6 Å². The second kappa shape index (κ2) is 5.13. The maximum atomic E-state index is 11.4. The monoisotopic (exact) mass is 324 g/mol. The first-order valence-electron chi connectivity index (χ1n) is 3.69. The van der Waals surface area contributed by atoms with Gasteiger partial charge in [-0.2, -0.15) is 0 Å². The summed E-state index contributed by atoms with van der Waals surface area (Å²) in [4.78, 5) is 11.4. The van der Waals surface area contributed by atoms with Crippen LogP contribution in [0.5, 0.6) is 0 Å². The van der Waals surface area contributed by atoms with Gasteiger partial charge in [-0.05, 0) is 18.2 Å². The summed E-state index contributed by atoms with van der Waals surface area (Å²) in [5, 5.41) is 0. The van der Waals surface area contributed by atoms with Gasteiger partial charge in [-0.25, -0.2) is 0 Å². The van der Waals surface area contributed by atoms with Crippen LogP contribution in [-0.2, 0) is 0 Å². The summed E-state index contributed by atoms with van der Waals surface area (Å²) in [6.45, 7) is 0. The van der Waals surface area contributed by atoms with E-state index in [0.29, 0.717) is 17.9 Å². The number of Topliss-reactive ketones (excluding diaryl/α,β-unsaturated/α-hetero) is 1. The van der Waals surface area contributed by atoms with Gasteiger partial charge in [0.25, 0.3) is 0 Å². The van der Waals surface area contributed by atoms with Gasteiger partial charge in [0.05, 0.1) is 0 Å². The Hall–Kier alpha value is 0.140. The van der Waals surface area contributed by atoms with E-state index >= 15 is 0 Å². The summed E-state index contributed by atoms with van der Waals surface area (Å²) in [6, 6.07) is 5.47. The van der Waals surface area contributed by atoms with E-state index in [9.17, 15) is 4.79 Å². The van der Waals surface area contributed by atoms with Crippen LogP contribution in [0.15, 0.2) is 27.1 Å². The van der Waals surface area contributed by atoms with Crippen LogP contribution in [0.25, 0.3) is 0 Å². The number of halogens is 3. The molecule has 0 saturated heterocycles. The third-order valence-corrected chi connectivity index (χ3v) is 2.89. The summed E-state index contributed by atoms with van der Waals surface area (Å²) >= 11 is 12.1. The van der Waals surface area contributed by atoms with E-state index in [0.717, 1.165) is 8.95 Å². The van der Waals surface area contributed by atoms with Crippen molar-refractivity contribution in [1.82, 2.24) is 0 Å². The van der Waals surface area contributed by atoms with Crippen molar-refractivity contribution in [1.29, 1.82) is 0 Å². The van der Waals surface area contributed by atoms with E-state index in [-0.39, 0.29) is 5.78 Å². The number of carbonyl (C=O) groups is 1. The number of hydrogen-bond acceptors (Lipinski definition) is 1. The topological polar surface area (TPSA) is 17.1 Å². The van der Waals surface area contributed by atoms with Crippen LogP contribution in [-0.4, -0.2) is 11.7 Å². The zero-order valence-corrected chi connectivity index (χ0v) is 10.6. The molecule has 1 aromatic carbocycles. The highest BCUT2D eigenvalue weighted by Gasteiger charge is 2.08. The Morgan fingerprint density at radius 3 is 2.62 bits per heavy atom. The summed E-state index contributed by atoms with van der Waals surface area (Å²) < 4.78 is 1.75. The maximum absolute atomic E-state index is 11.4. The first-order chi connectivity index (χ1) is 6.15. The number of ketones is 1. The smallest absolute Gasteiger partial charge is 0.165 e. The minimum Gasteiger partial charge on any atom is -0.294 e. The fraction of sp³-hybridized carbons (Fsp3) is 0.222. The molecule has 0 saturated carbocycles. The van der Waals surface area contributed by atoms with Gasteiger partial charge in [-0.3, -0.25) is 4.79 Å². The Bertz CT molecular complexity index is 325. The molecule has 4 heteroatoms. The standard InChI is InChI=1S/C9H7Br2ClO/c10-6-1-2-7(8(11)5-6)9(13)3-4-12/h1-2,5H,3-4H2. The molecule has 0 fully saturated rings. The fourth-order valence-corrected chi connectivity index (χ4v) is 2.38. The molecule has 0 N–H and O–H groups in total. The Morgan fingerprint density at radius 2 is 2.08 bits per heavy atom. The zero-order valence-electron chi connectivity index (χ0n) is 6.69. The lowest BCUT2D eigenvalue weighted by Crippen LogP contribution is -2.00. The normalized spacial score (nSPS) is 10.1. The van der Waals surface area contributed by atoms with Gasteiger partial charge in [0.2, 0.25) is 0 Å². The third-order valence-electron chi connectivity index (χ3n) is 1.55. The van der Waals surface area contributed by atoms with Crippen LogP contribution in [0.1, 0.15) is 16.8 Å². The van der Waals surface area contributed by atoms with Crippen molar-refractivity contribution < 1.29 is 4.79 Å². The highest BCUT2D eigenvalue weighted by molar-refractivity contribution is 9.11. The molecule has 0 aliphatic heterocycles. The van der Waals surface area contributed by atoms with E-state index < -0.39 is 0 Å². The van der Waals surface area contributed by atoms with Crippen LogP contribution in [0.4, 0.5) is 0 Å². The van der Waals surface area contributed by atoms with Crippen LogP contribution in [0.2, 0.25) is 0 Å². The minimum absolute atomic E-state index is 0.0642. The molecule has 0 spiro atoms.